The van der Waals surface area contributed by atoms with Crippen LogP contribution in [0.25, 0.3) is 0 Å². The molecule has 2 rings (SSSR count). The Labute approximate surface area is 94.2 Å². The number of aliphatic hydroxyl groups is 1. The second-order valence-corrected chi connectivity index (χ2v) is 5.25. The molecule has 4 heteroatoms. The normalized spacial score (nSPS) is 28.1. The summed E-state index contributed by atoms with van der Waals surface area (Å²) in [7, 11) is 0. The van der Waals surface area contributed by atoms with Gasteiger partial charge in [0, 0.05) is 12.3 Å². The van der Waals surface area contributed by atoms with Gasteiger partial charge in [-0.2, -0.15) is 11.8 Å². The van der Waals surface area contributed by atoms with Gasteiger partial charge in [0.05, 0.1) is 17.9 Å². The van der Waals surface area contributed by atoms with Crippen molar-refractivity contribution in [2.24, 2.45) is 0 Å². The number of hydrogen-bond donors (Lipinski definition) is 2. The molecule has 0 aromatic carbocycles. The molecule has 0 aliphatic carbocycles. The summed E-state index contributed by atoms with van der Waals surface area (Å²) < 4.78 is 5.29. The minimum absolute atomic E-state index is 0.162. The molecule has 2 heterocycles. The average molecular weight is 227 g/mol. The number of thioether (sulfide) groups is 1. The zero-order chi connectivity index (χ0) is 10.7. The van der Waals surface area contributed by atoms with Crippen LogP contribution >= 0.6 is 11.8 Å². The molecular formula is C11H17NO2S. The van der Waals surface area contributed by atoms with Crippen LogP contribution in [0.2, 0.25) is 0 Å². The quantitative estimate of drug-likeness (QED) is 0.823. The van der Waals surface area contributed by atoms with E-state index in [1.807, 2.05) is 30.8 Å². The molecule has 84 valence electrons. The number of furan rings is 1. The largest absolute Gasteiger partial charge is 0.468 e. The van der Waals surface area contributed by atoms with E-state index in [1.54, 1.807) is 6.26 Å². The molecule has 2 N–H and O–H groups in total. The predicted molar refractivity (Wildman–Crippen MR) is 62.0 cm³/mol. The minimum Gasteiger partial charge on any atom is -0.468 e. The highest BCUT2D eigenvalue weighted by atomic mass is 32.2. The fourth-order valence-corrected chi connectivity index (χ4v) is 3.01. The summed E-state index contributed by atoms with van der Waals surface area (Å²) in [5.74, 6) is 2.82. The molecule has 2 unspecified atom stereocenters. The third-order valence-corrected chi connectivity index (χ3v) is 4.02. The zero-order valence-corrected chi connectivity index (χ0v) is 9.72. The van der Waals surface area contributed by atoms with Crippen LogP contribution in [0.4, 0.5) is 0 Å². The monoisotopic (exact) mass is 227 g/mol. The summed E-state index contributed by atoms with van der Waals surface area (Å²) in [6.45, 7) is 2.69. The number of hydrogen-bond acceptors (Lipinski definition) is 4. The summed E-state index contributed by atoms with van der Waals surface area (Å²) in [5.41, 5.74) is -0.522. The summed E-state index contributed by atoms with van der Waals surface area (Å²) >= 11 is 1.82. The molecular weight excluding hydrogens is 210 g/mol. The van der Waals surface area contributed by atoms with Crippen LogP contribution < -0.4 is 5.32 Å². The smallest absolute Gasteiger partial charge is 0.120 e. The highest BCUT2D eigenvalue weighted by molar-refractivity contribution is 7.99. The van der Waals surface area contributed by atoms with Crippen LogP contribution in [-0.2, 0) is 0 Å². The standard InChI is InChI=1S/C11H17NO2S/c1-9(10-3-2-5-14-10)12-7-11(13)4-6-15-8-11/h2-3,5,9,12-13H,4,6-8H2,1H3. The second-order valence-electron chi connectivity index (χ2n) is 4.14. The molecule has 2 atom stereocenters. The highest BCUT2D eigenvalue weighted by Gasteiger charge is 2.31. The molecule has 0 spiro atoms. The van der Waals surface area contributed by atoms with Gasteiger partial charge in [0.15, 0.2) is 0 Å². The van der Waals surface area contributed by atoms with Crippen molar-refractivity contribution in [1.29, 1.82) is 0 Å². The maximum absolute atomic E-state index is 10.1. The average Bonchev–Trinajstić information content (AvgIpc) is 2.85. The van der Waals surface area contributed by atoms with Gasteiger partial charge >= 0.3 is 0 Å². The van der Waals surface area contributed by atoms with E-state index >= 15 is 0 Å². The fraction of sp³-hybridized carbons (Fsp3) is 0.636. The van der Waals surface area contributed by atoms with Crippen molar-refractivity contribution in [3.8, 4) is 0 Å². The molecule has 0 bridgehead atoms. The summed E-state index contributed by atoms with van der Waals surface area (Å²) in [6.07, 6.45) is 2.56. The molecule has 1 saturated heterocycles. The molecule has 1 fully saturated rings. The lowest BCUT2D eigenvalue weighted by atomic mass is 10.0. The van der Waals surface area contributed by atoms with Crippen molar-refractivity contribution in [2.75, 3.05) is 18.1 Å². The van der Waals surface area contributed by atoms with E-state index in [0.29, 0.717) is 6.54 Å². The zero-order valence-electron chi connectivity index (χ0n) is 8.90. The van der Waals surface area contributed by atoms with E-state index in [9.17, 15) is 5.11 Å². The number of rotatable bonds is 4. The van der Waals surface area contributed by atoms with Gasteiger partial charge in [0.2, 0.25) is 0 Å². The second kappa shape index (κ2) is 4.60. The van der Waals surface area contributed by atoms with Gasteiger partial charge in [-0.05, 0) is 31.2 Å². The Kier molecular flexibility index (Phi) is 3.38. The summed E-state index contributed by atoms with van der Waals surface area (Å²) in [6, 6.07) is 3.99. The molecule has 1 aromatic heterocycles. The predicted octanol–water partition coefficient (Wildman–Crippen LogP) is 1.80. The molecule has 3 nitrogen and oxygen atoms in total. The molecule has 15 heavy (non-hydrogen) atoms. The first-order valence-electron chi connectivity index (χ1n) is 5.27. The van der Waals surface area contributed by atoms with Gasteiger partial charge in [0.1, 0.15) is 5.76 Å². The first kappa shape index (κ1) is 11.0. The van der Waals surface area contributed by atoms with Crippen molar-refractivity contribution in [3.63, 3.8) is 0 Å². The molecule has 1 aliphatic heterocycles. The third kappa shape index (κ3) is 2.77. The van der Waals surface area contributed by atoms with Crippen LogP contribution in [0.5, 0.6) is 0 Å². The van der Waals surface area contributed by atoms with E-state index in [1.165, 1.54) is 0 Å². The molecule has 1 aromatic rings. The fourth-order valence-electron chi connectivity index (χ4n) is 1.72. The van der Waals surface area contributed by atoms with E-state index < -0.39 is 5.60 Å². The maximum atomic E-state index is 10.1. The van der Waals surface area contributed by atoms with Crippen molar-refractivity contribution in [1.82, 2.24) is 5.32 Å². The summed E-state index contributed by atoms with van der Waals surface area (Å²) in [5, 5.41) is 13.4. The lowest BCUT2D eigenvalue weighted by molar-refractivity contribution is 0.0644. The topological polar surface area (TPSA) is 45.4 Å². The van der Waals surface area contributed by atoms with Gasteiger partial charge in [-0.1, -0.05) is 0 Å². The van der Waals surface area contributed by atoms with Gasteiger partial charge in [-0.3, -0.25) is 0 Å². The molecule has 1 aliphatic rings. The Morgan fingerprint density at radius 2 is 2.60 bits per heavy atom. The van der Waals surface area contributed by atoms with Gasteiger partial charge in [0.25, 0.3) is 0 Å². The van der Waals surface area contributed by atoms with Crippen molar-refractivity contribution < 1.29 is 9.52 Å². The lowest BCUT2D eigenvalue weighted by Crippen LogP contribution is -2.41. The van der Waals surface area contributed by atoms with Gasteiger partial charge < -0.3 is 14.8 Å². The van der Waals surface area contributed by atoms with Gasteiger partial charge in [-0.15, -0.1) is 0 Å². The van der Waals surface area contributed by atoms with Crippen LogP contribution in [0.1, 0.15) is 25.1 Å². The third-order valence-electron chi connectivity index (χ3n) is 2.79. The first-order chi connectivity index (χ1) is 7.20. The molecule has 0 saturated carbocycles. The Bertz CT molecular complexity index is 294. The van der Waals surface area contributed by atoms with E-state index in [-0.39, 0.29) is 6.04 Å². The molecule has 0 amide bonds. The number of nitrogens with one attached hydrogen (secondary N) is 1. The Hall–Kier alpha value is -0.450. The maximum Gasteiger partial charge on any atom is 0.120 e. The minimum atomic E-state index is -0.522. The van der Waals surface area contributed by atoms with Crippen molar-refractivity contribution >= 4 is 11.8 Å². The Balaban J connectivity index is 1.83. The SMILES string of the molecule is CC(NCC1(O)CCSC1)c1ccco1. The van der Waals surface area contributed by atoms with Crippen LogP contribution in [-0.4, -0.2) is 28.8 Å². The van der Waals surface area contributed by atoms with E-state index in [2.05, 4.69) is 5.32 Å². The van der Waals surface area contributed by atoms with Gasteiger partial charge in [-0.25, -0.2) is 0 Å². The first-order valence-corrected chi connectivity index (χ1v) is 6.42. The summed E-state index contributed by atoms with van der Waals surface area (Å²) in [4.78, 5) is 0. The van der Waals surface area contributed by atoms with Crippen LogP contribution in [0, 0.1) is 0 Å². The van der Waals surface area contributed by atoms with E-state index in [4.69, 9.17) is 4.42 Å². The van der Waals surface area contributed by atoms with Crippen LogP contribution in [0.15, 0.2) is 22.8 Å². The lowest BCUT2D eigenvalue weighted by Gasteiger charge is -2.23. The Morgan fingerprint density at radius 1 is 1.73 bits per heavy atom. The van der Waals surface area contributed by atoms with E-state index in [0.717, 1.165) is 23.7 Å². The van der Waals surface area contributed by atoms with Crippen LogP contribution in [0.3, 0.4) is 0 Å². The molecule has 0 radical (unpaired) electrons. The highest BCUT2D eigenvalue weighted by Crippen LogP contribution is 2.27. The van der Waals surface area contributed by atoms with Crippen molar-refractivity contribution in [2.45, 2.75) is 25.0 Å². The Morgan fingerprint density at radius 3 is 3.20 bits per heavy atom. The van der Waals surface area contributed by atoms with Crippen molar-refractivity contribution in [3.05, 3.63) is 24.2 Å².